The number of aliphatic imine (C=N–C) groups is 1. The molecule has 0 aliphatic carbocycles. The Morgan fingerprint density at radius 2 is 1.90 bits per heavy atom. The third-order valence-corrected chi connectivity index (χ3v) is 5.79. The fourth-order valence-corrected chi connectivity index (χ4v) is 4.09. The van der Waals surface area contributed by atoms with Crippen molar-refractivity contribution in [2.45, 2.75) is 12.6 Å². The first-order valence-corrected chi connectivity index (χ1v) is 10.2. The molecule has 156 valence electrons. The van der Waals surface area contributed by atoms with Crippen LogP contribution in [-0.4, -0.2) is 34.4 Å². The fourth-order valence-electron chi connectivity index (χ4n) is 3.04. The predicted octanol–water partition coefficient (Wildman–Crippen LogP) is 4.10. The molecular formula is C22H24IN5OS. The molecule has 0 radical (unpaired) electrons. The molecule has 0 fully saturated rings. The average molecular weight is 533 g/mol. The highest BCUT2D eigenvalue weighted by atomic mass is 127. The molecule has 8 heteroatoms. The van der Waals surface area contributed by atoms with Crippen molar-refractivity contribution in [3.05, 3.63) is 83.5 Å². The molecule has 2 aromatic heterocycles. The Balaban J connectivity index is 0.00000256. The van der Waals surface area contributed by atoms with Gasteiger partial charge < -0.3 is 15.7 Å². The first-order valence-electron chi connectivity index (χ1n) is 9.43. The number of aliphatic hydroxyl groups is 1. The van der Waals surface area contributed by atoms with Crippen molar-refractivity contribution < 1.29 is 5.11 Å². The summed E-state index contributed by atoms with van der Waals surface area (Å²) in [7, 11) is 1.72. The minimum Gasteiger partial charge on any atom is -0.386 e. The van der Waals surface area contributed by atoms with E-state index in [2.05, 4.69) is 32.9 Å². The molecule has 30 heavy (non-hydrogen) atoms. The number of rotatable bonds is 6. The normalized spacial score (nSPS) is 12.4. The van der Waals surface area contributed by atoms with Gasteiger partial charge in [-0.25, -0.2) is 4.68 Å². The maximum absolute atomic E-state index is 10.5. The number of hydrogen-bond donors (Lipinski definition) is 3. The van der Waals surface area contributed by atoms with E-state index in [9.17, 15) is 5.11 Å². The van der Waals surface area contributed by atoms with Gasteiger partial charge in [-0.2, -0.15) is 5.10 Å². The molecule has 0 amide bonds. The van der Waals surface area contributed by atoms with Crippen molar-refractivity contribution in [3.8, 4) is 5.69 Å². The van der Waals surface area contributed by atoms with Crippen LogP contribution in [0.25, 0.3) is 15.8 Å². The van der Waals surface area contributed by atoms with Crippen LogP contribution in [0.5, 0.6) is 0 Å². The van der Waals surface area contributed by atoms with E-state index in [0.717, 1.165) is 21.5 Å². The maximum Gasteiger partial charge on any atom is 0.191 e. The maximum atomic E-state index is 10.5. The number of aliphatic hydroxyl groups excluding tert-OH is 1. The predicted molar refractivity (Wildman–Crippen MR) is 134 cm³/mol. The van der Waals surface area contributed by atoms with Gasteiger partial charge in [0.1, 0.15) is 6.10 Å². The first kappa shape index (κ1) is 22.3. The molecule has 0 bridgehead atoms. The number of thiophene rings is 1. The number of guanidine groups is 1. The van der Waals surface area contributed by atoms with Crippen LogP contribution in [0.4, 0.5) is 0 Å². The van der Waals surface area contributed by atoms with Gasteiger partial charge >= 0.3 is 0 Å². The lowest BCUT2D eigenvalue weighted by Gasteiger charge is -2.14. The van der Waals surface area contributed by atoms with E-state index in [1.165, 1.54) is 4.70 Å². The Morgan fingerprint density at radius 1 is 1.13 bits per heavy atom. The van der Waals surface area contributed by atoms with Gasteiger partial charge in [-0.15, -0.1) is 35.3 Å². The van der Waals surface area contributed by atoms with Crippen LogP contribution in [0.1, 0.15) is 16.5 Å². The van der Waals surface area contributed by atoms with E-state index >= 15 is 0 Å². The van der Waals surface area contributed by atoms with Gasteiger partial charge in [0.25, 0.3) is 0 Å². The molecule has 0 aliphatic rings. The Labute approximate surface area is 196 Å². The molecule has 1 atom stereocenters. The summed E-state index contributed by atoms with van der Waals surface area (Å²) >= 11 is 1.61. The largest absolute Gasteiger partial charge is 0.386 e. The highest BCUT2D eigenvalue weighted by Gasteiger charge is 2.12. The summed E-state index contributed by atoms with van der Waals surface area (Å²) in [5, 5.41) is 22.5. The summed E-state index contributed by atoms with van der Waals surface area (Å²) in [6.45, 7) is 0.973. The highest BCUT2D eigenvalue weighted by Crippen LogP contribution is 2.29. The topological polar surface area (TPSA) is 74.5 Å². The lowest BCUT2D eigenvalue weighted by molar-refractivity contribution is 0.184. The molecule has 0 saturated carbocycles. The number of para-hydroxylation sites is 1. The monoisotopic (exact) mass is 533 g/mol. The van der Waals surface area contributed by atoms with Gasteiger partial charge in [0.2, 0.25) is 0 Å². The molecule has 0 aliphatic heterocycles. The molecular weight excluding hydrogens is 509 g/mol. The average Bonchev–Trinajstić information content (AvgIpc) is 3.41. The second kappa shape index (κ2) is 10.6. The van der Waals surface area contributed by atoms with Crippen LogP contribution in [0, 0.1) is 0 Å². The smallest absolute Gasteiger partial charge is 0.191 e. The molecule has 0 spiro atoms. The second-order valence-corrected chi connectivity index (χ2v) is 7.75. The van der Waals surface area contributed by atoms with E-state index in [4.69, 9.17) is 0 Å². The summed E-state index contributed by atoms with van der Waals surface area (Å²) in [6, 6.07) is 20.2. The van der Waals surface area contributed by atoms with E-state index in [1.807, 2.05) is 65.6 Å². The number of fused-ring (bicyclic) bond motifs is 1. The van der Waals surface area contributed by atoms with E-state index in [1.54, 1.807) is 18.4 Å². The van der Waals surface area contributed by atoms with Crippen LogP contribution in [0.3, 0.4) is 0 Å². The van der Waals surface area contributed by atoms with E-state index in [-0.39, 0.29) is 24.0 Å². The number of hydrogen-bond acceptors (Lipinski definition) is 4. The zero-order valence-corrected chi connectivity index (χ0v) is 19.7. The zero-order valence-electron chi connectivity index (χ0n) is 16.5. The van der Waals surface area contributed by atoms with Gasteiger partial charge in [-0.1, -0.05) is 36.4 Å². The van der Waals surface area contributed by atoms with Crippen molar-refractivity contribution in [2.24, 2.45) is 4.99 Å². The summed E-state index contributed by atoms with van der Waals surface area (Å²) in [4.78, 5) is 5.18. The van der Waals surface area contributed by atoms with Gasteiger partial charge in [0, 0.05) is 41.5 Å². The Morgan fingerprint density at radius 3 is 2.67 bits per heavy atom. The Kier molecular flexibility index (Phi) is 7.83. The lowest BCUT2D eigenvalue weighted by Crippen LogP contribution is -2.38. The van der Waals surface area contributed by atoms with Gasteiger partial charge in [0.05, 0.1) is 11.9 Å². The molecule has 1 unspecified atom stereocenters. The second-order valence-electron chi connectivity index (χ2n) is 6.64. The fraction of sp³-hybridized carbons (Fsp3) is 0.182. The number of halogens is 1. The van der Waals surface area contributed by atoms with Crippen molar-refractivity contribution in [3.63, 3.8) is 0 Å². The third kappa shape index (κ3) is 5.38. The number of nitrogens with zero attached hydrogens (tertiary/aromatic N) is 3. The van der Waals surface area contributed by atoms with Crippen molar-refractivity contribution in [1.29, 1.82) is 0 Å². The zero-order chi connectivity index (χ0) is 20.1. The SMILES string of the molecule is CN=C(NCc1cnn(-c2ccccc2)c1)NCC(O)c1cc2ccccc2s1.I. The molecule has 2 heterocycles. The quantitative estimate of drug-likeness (QED) is 0.198. The van der Waals surface area contributed by atoms with Crippen molar-refractivity contribution >= 4 is 51.4 Å². The molecule has 4 aromatic rings. The number of benzene rings is 2. The van der Waals surface area contributed by atoms with Crippen molar-refractivity contribution in [2.75, 3.05) is 13.6 Å². The van der Waals surface area contributed by atoms with Crippen LogP contribution in [-0.2, 0) is 6.54 Å². The first-order chi connectivity index (χ1) is 14.2. The van der Waals surface area contributed by atoms with Crippen LogP contribution in [0.15, 0.2) is 78.0 Å². The Hall–Kier alpha value is -2.43. The van der Waals surface area contributed by atoms with Gasteiger partial charge in [0.15, 0.2) is 5.96 Å². The van der Waals surface area contributed by atoms with E-state index < -0.39 is 6.10 Å². The number of aromatic nitrogens is 2. The minimum absolute atomic E-state index is 0. The number of nitrogens with one attached hydrogen (secondary N) is 2. The lowest BCUT2D eigenvalue weighted by atomic mass is 10.2. The van der Waals surface area contributed by atoms with Gasteiger partial charge in [-0.05, 0) is 29.7 Å². The molecule has 4 rings (SSSR count). The van der Waals surface area contributed by atoms with Crippen LogP contribution < -0.4 is 10.6 Å². The summed E-state index contributed by atoms with van der Waals surface area (Å²) in [5.41, 5.74) is 2.06. The summed E-state index contributed by atoms with van der Waals surface area (Å²) in [6.07, 6.45) is 3.23. The molecule has 3 N–H and O–H groups in total. The van der Waals surface area contributed by atoms with E-state index in [0.29, 0.717) is 19.0 Å². The summed E-state index contributed by atoms with van der Waals surface area (Å²) < 4.78 is 3.03. The Bertz CT molecular complexity index is 1080. The highest BCUT2D eigenvalue weighted by molar-refractivity contribution is 14.0. The standard InChI is InChI=1S/C22H23N5OS.HI/c1-23-22(24-12-16-13-26-27(15-16)18-8-3-2-4-9-18)25-14-19(28)21-11-17-7-5-6-10-20(17)29-21;/h2-11,13,15,19,28H,12,14H2,1H3,(H2,23,24,25);1H. The summed E-state index contributed by atoms with van der Waals surface area (Å²) in [5.74, 6) is 0.637. The minimum atomic E-state index is -0.591. The van der Waals surface area contributed by atoms with Crippen LogP contribution in [0.2, 0.25) is 0 Å². The molecule has 0 saturated heterocycles. The third-order valence-electron chi connectivity index (χ3n) is 4.58. The molecule has 6 nitrogen and oxygen atoms in total. The molecule has 2 aromatic carbocycles. The van der Waals surface area contributed by atoms with Crippen LogP contribution >= 0.6 is 35.3 Å². The van der Waals surface area contributed by atoms with Gasteiger partial charge in [-0.3, -0.25) is 4.99 Å². The van der Waals surface area contributed by atoms with Crippen molar-refractivity contribution in [1.82, 2.24) is 20.4 Å².